The third-order valence-electron chi connectivity index (χ3n) is 4.57. The average Bonchev–Trinajstić information content (AvgIpc) is 3.30. The van der Waals surface area contributed by atoms with Crippen molar-refractivity contribution in [1.82, 2.24) is 19.8 Å². The van der Waals surface area contributed by atoms with Crippen LogP contribution in [-0.2, 0) is 6.42 Å². The van der Waals surface area contributed by atoms with Crippen molar-refractivity contribution >= 4 is 27.1 Å². The average molecular weight is 372 g/mol. The van der Waals surface area contributed by atoms with E-state index in [2.05, 4.69) is 52.7 Å². The summed E-state index contributed by atoms with van der Waals surface area (Å²) in [6.45, 7) is 0. The fourth-order valence-corrected chi connectivity index (χ4v) is 3.99. The summed E-state index contributed by atoms with van der Waals surface area (Å²) in [6.07, 6.45) is 0.673. The lowest BCUT2D eigenvalue weighted by Gasteiger charge is -2.02. The normalized spacial score (nSPS) is 11.3. The molecule has 132 valence electrons. The summed E-state index contributed by atoms with van der Waals surface area (Å²) >= 11 is 1.55. The Balaban J connectivity index is 1.50. The van der Waals surface area contributed by atoms with Gasteiger partial charge in [-0.15, -0.1) is 10.2 Å². The van der Waals surface area contributed by atoms with E-state index in [-0.39, 0.29) is 0 Å². The highest BCUT2D eigenvalue weighted by Gasteiger charge is 2.13. The van der Waals surface area contributed by atoms with Gasteiger partial charge in [-0.25, -0.2) is 0 Å². The van der Waals surface area contributed by atoms with Crippen LogP contribution in [0.15, 0.2) is 66.7 Å². The standard InChI is InChI=1S/C21H16N4OS/c1-26-18-10-6-14(7-11-18)12-19-22-23-21-25(19)24-20(27-21)17-9-8-15-4-2-3-5-16(15)13-17/h2-11,13H,12H2,1H3. The Morgan fingerprint density at radius 1 is 0.926 bits per heavy atom. The van der Waals surface area contributed by atoms with E-state index in [0.29, 0.717) is 6.42 Å². The molecule has 0 aliphatic heterocycles. The van der Waals surface area contributed by atoms with Gasteiger partial charge in [-0.2, -0.15) is 9.61 Å². The lowest BCUT2D eigenvalue weighted by molar-refractivity contribution is 0.414. The molecule has 27 heavy (non-hydrogen) atoms. The van der Waals surface area contributed by atoms with Gasteiger partial charge in [0.25, 0.3) is 0 Å². The van der Waals surface area contributed by atoms with E-state index in [4.69, 9.17) is 9.84 Å². The molecule has 0 N–H and O–H groups in total. The maximum absolute atomic E-state index is 5.21. The van der Waals surface area contributed by atoms with Crippen LogP contribution in [-0.4, -0.2) is 26.9 Å². The molecule has 0 bridgehead atoms. The molecule has 0 saturated heterocycles. The summed E-state index contributed by atoms with van der Waals surface area (Å²) < 4.78 is 7.06. The van der Waals surface area contributed by atoms with Gasteiger partial charge in [0.2, 0.25) is 4.96 Å². The van der Waals surface area contributed by atoms with Crippen molar-refractivity contribution in [3.8, 4) is 16.3 Å². The smallest absolute Gasteiger partial charge is 0.234 e. The van der Waals surface area contributed by atoms with E-state index in [9.17, 15) is 0 Å². The molecule has 5 nitrogen and oxygen atoms in total. The molecule has 0 spiro atoms. The van der Waals surface area contributed by atoms with E-state index in [1.807, 2.05) is 28.8 Å². The molecule has 0 amide bonds. The Hall–Kier alpha value is -3.25. The molecule has 6 heteroatoms. The molecule has 0 radical (unpaired) electrons. The van der Waals surface area contributed by atoms with Gasteiger partial charge in [-0.1, -0.05) is 59.9 Å². The van der Waals surface area contributed by atoms with Crippen molar-refractivity contribution in [2.75, 3.05) is 7.11 Å². The molecular formula is C21H16N4OS. The third-order valence-corrected chi connectivity index (χ3v) is 5.52. The van der Waals surface area contributed by atoms with Gasteiger partial charge in [-0.05, 0) is 34.5 Å². The van der Waals surface area contributed by atoms with Crippen LogP contribution in [0.5, 0.6) is 5.75 Å². The zero-order valence-corrected chi connectivity index (χ0v) is 15.5. The number of ether oxygens (including phenoxy) is 1. The number of nitrogens with zero attached hydrogens (tertiary/aromatic N) is 4. The van der Waals surface area contributed by atoms with E-state index < -0.39 is 0 Å². The Labute approximate surface area is 159 Å². The number of aromatic nitrogens is 4. The van der Waals surface area contributed by atoms with Crippen LogP contribution < -0.4 is 4.74 Å². The van der Waals surface area contributed by atoms with Gasteiger partial charge in [0.05, 0.1) is 7.11 Å². The minimum atomic E-state index is 0.673. The van der Waals surface area contributed by atoms with Gasteiger partial charge < -0.3 is 4.74 Å². The second-order valence-corrected chi connectivity index (χ2v) is 7.26. The first-order valence-corrected chi connectivity index (χ1v) is 9.45. The van der Waals surface area contributed by atoms with Crippen molar-refractivity contribution < 1.29 is 4.74 Å². The largest absolute Gasteiger partial charge is 0.497 e. The first kappa shape index (κ1) is 16.0. The van der Waals surface area contributed by atoms with Gasteiger partial charge in [-0.3, -0.25) is 0 Å². The van der Waals surface area contributed by atoms with Crippen molar-refractivity contribution in [2.24, 2.45) is 0 Å². The molecule has 0 aliphatic rings. The van der Waals surface area contributed by atoms with E-state index >= 15 is 0 Å². The summed E-state index contributed by atoms with van der Waals surface area (Å²) in [5.41, 5.74) is 2.24. The molecule has 5 aromatic rings. The highest BCUT2D eigenvalue weighted by molar-refractivity contribution is 7.19. The lowest BCUT2D eigenvalue weighted by Crippen LogP contribution is -1.98. The summed E-state index contributed by atoms with van der Waals surface area (Å²) in [7, 11) is 1.67. The number of methoxy groups -OCH3 is 1. The van der Waals surface area contributed by atoms with Crippen molar-refractivity contribution in [2.45, 2.75) is 6.42 Å². The van der Waals surface area contributed by atoms with Crippen LogP contribution in [0, 0.1) is 0 Å². The zero-order chi connectivity index (χ0) is 18.2. The van der Waals surface area contributed by atoms with Gasteiger partial charge in [0.15, 0.2) is 5.82 Å². The summed E-state index contributed by atoms with van der Waals surface area (Å²) in [4.78, 5) is 0.807. The topological polar surface area (TPSA) is 52.3 Å². The molecule has 0 fully saturated rings. The first-order valence-electron chi connectivity index (χ1n) is 8.63. The third kappa shape index (κ3) is 2.94. The van der Waals surface area contributed by atoms with Gasteiger partial charge in [0, 0.05) is 12.0 Å². The number of hydrogen-bond donors (Lipinski definition) is 0. The molecule has 2 aromatic heterocycles. The van der Waals surface area contributed by atoms with Crippen LogP contribution >= 0.6 is 11.3 Å². The Kier molecular flexibility index (Phi) is 3.83. The van der Waals surface area contributed by atoms with Crippen molar-refractivity contribution in [3.05, 3.63) is 78.1 Å². The number of rotatable bonds is 4. The lowest BCUT2D eigenvalue weighted by atomic mass is 10.1. The highest BCUT2D eigenvalue weighted by Crippen LogP contribution is 2.28. The molecule has 5 rings (SSSR count). The zero-order valence-electron chi connectivity index (χ0n) is 14.7. The van der Waals surface area contributed by atoms with Crippen LogP contribution in [0.1, 0.15) is 11.4 Å². The molecule has 0 saturated carbocycles. The first-order chi connectivity index (χ1) is 13.3. The van der Waals surface area contributed by atoms with E-state index in [1.54, 1.807) is 18.4 Å². The van der Waals surface area contributed by atoms with Crippen LogP contribution in [0.4, 0.5) is 0 Å². The minimum Gasteiger partial charge on any atom is -0.497 e. The molecular weight excluding hydrogens is 356 g/mol. The highest BCUT2D eigenvalue weighted by atomic mass is 32.1. The molecule has 0 unspecified atom stereocenters. The monoisotopic (exact) mass is 372 g/mol. The minimum absolute atomic E-state index is 0.673. The second-order valence-electron chi connectivity index (χ2n) is 6.30. The fraction of sp³-hybridized carbons (Fsp3) is 0.0952. The molecule has 3 aromatic carbocycles. The summed E-state index contributed by atoms with van der Waals surface area (Å²) in [5.74, 6) is 1.68. The fourth-order valence-electron chi connectivity index (χ4n) is 3.13. The number of hydrogen-bond acceptors (Lipinski definition) is 5. The van der Waals surface area contributed by atoms with Crippen LogP contribution in [0.3, 0.4) is 0 Å². The SMILES string of the molecule is COc1ccc(Cc2nnc3sc(-c4ccc5ccccc5c4)nn23)cc1. The Morgan fingerprint density at radius 3 is 2.56 bits per heavy atom. The summed E-state index contributed by atoms with van der Waals surface area (Å²) in [5, 5.41) is 16.8. The van der Waals surface area contributed by atoms with Crippen LogP contribution in [0.25, 0.3) is 26.3 Å². The predicted molar refractivity (Wildman–Crippen MR) is 107 cm³/mol. The Bertz CT molecular complexity index is 1240. The maximum atomic E-state index is 5.21. The molecule has 0 aliphatic carbocycles. The van der Waals surface area contributed by atoms with E-state index in [0.717, 1.165) is 32.7 Å². The maximum Gasteiger partial charge on any atom is 0.234 e. The van der Waals surface area contributed by atoms with Crippen molar-refractivity contribution in [1.29, 1.82) is 0 Å². The second kappa shape index (κ2) is 6.48. The predicted octanol–water partition coefficient (Wildman–Crippen LogP) is 4.61. The quantitative estimate of drug-likeness (QED) is 0.462. The van der Waals surface area contributed by atoms with Crippen LogP contribution in [0.2, 0.25) is 0 Å². The van der Waals surface area contributed by atoms with Crippen molar-refractivity contribution in [3.63, 3.8) is 0 Å². The van der Waals surface area contributed by atoms with Gasteiger partial charge >= 0.3 is 0 Å². The van der Waals surface area contributed by atoms with E-state index in [1.165, 1.54) is 10.8 Å². The van der Waals surface area contributed by atoms with Gasteiger partial charge in [0.1, 0.15) is 10.8 Å². The molecule has 2 heterocycles. The number of fused-ring (bicyclic) bond motifs is 2. The number of benzene rings is 3. The molecule has 0 atom stereocenters. The summed E-state index contributed by atoms with van der Waals surface area (Å²) in [6, 6.07) is 22.7. The Morgan fingerprint density at radius 2 is 1.74 bits per heavy atom.